The molecule has 0 radical (unpaired) electrons. The zero-order valence-corrected chi connectivity index (χ0v) is 14.2. The standard InChI is InChI=1S/C15H21N3.BH4.Na/c1-3-18-15-7-5-12(8-13(15)10-17-18)14-6-4-11(2)9-16-14;;/h5,7-8,10-11,14,16H,3-4,6,9H2,1-2H3;1H4;/q;-1;+1. The van der Waals surface area contributed by atoms with Crippen LogP contribution in [-0.4, -0.2) is 24.7 Å². The van der Waals surface area contributed by atoms with E-state index in [-0.39, 0.29) is 38.0 Å². The van der Waals surface area contributed by atoms with Crippen molar-refractivity contribution in [2.24, 2.45) is 5.92 Å². The van der Waals surface area contributed by atoms with Crippen LogP contribution >= 0.6 is 0 Å². The van der Waals surface area contributed by atoms with Crippen molar-refractivity contribution in [3.63, 3.8) is 0 Å². The number of aryl methyl sites for hydroxylation is 1. The van der Waals surface area contributed by atoms with Gasteiger partial charge in [-0.25, -0.2) is 0 Å². The Balaban J connectivity index is 0.000001000. The van der Waals surface area contributed by atoms with Crippen molar-refractivity contribution in [2.75, 3.05) is 6.54 Å². The number of benzene rings is 1. The molecule has 1 aromatic carbocycles. The molecule has 5 heteroatoms. The Labute approximate surface area is 145 Å². The molecule has 0 amide bonds. The molecule has 3 nitrogen and oxygen atoms in total. The van der Waals surface area contributed by atoms with Crippen molar-refractivity contribution in [2.45, 2.75) is 39.3 Å². The van der Waals surface area contributed by atoms with Crippen molar-refractivity contribution < 1.29 is 29.6 Å². The van der Waals surface area contributed by atoms with Gasteiger partial charge in [0.25, 0.3) is 0 Å². The first-order valence-electron chi connectivity index (χ1n) is 6.96. The number of nitrogens with zero attached hydrogens (tertiary/aromatic N) is 2. The molecule has 104 valence electrons. The molecule has 2 aromatic rings. The van der Waals surface area contributed by atoms with Crippen LogP contribution in [0.4, 0.5) is 0 Å². The van der Waals surface area contributed by atoms with Crippen LogP contribution in [-0.2, 0) is 6.54 Å². The molecule has 1 aliphatic heterocycles. The zero-order chi connectivity index (χ0) is 12.5. The van der Waals surface area contributed by atoms with E-state index in [1.807, 2.05) is 6.20 Å². The minimum atomic E-state index is 0. The van der Waals surface area contributed by atoms with E-state index < -0.39 is 0 Å². The van der Waals surface area contributed by atoms with Crippen LogP contribution in [0.25, 0.3) is 10.9 Å². The van der Waals surface area contributed by atoms with Gasteiger partial charge in [-0.3, -0.25) is 4.68 Å². The Morgan fingerprint density at radius 2 is 2.15 bits per heavy atom. The molecule has 20 heavy (non-hydrogen) atoms. The number of hydrogen-bond donors (Lipinski definition) is 1. The fraction of sp³-hybridized carbons (Fsp3) is 0.533. The number of piperidine rings is 1. The second kappa shape index (κ2) is 7.65. The molecule has 1 N–H and O–H groups in total. The zero-order valence-electron chi connectivity index (χ0n) is 12.2. The average molecular weight is 281 g/mol. The van der Waals surface area contributed by atoms with Gasteiger partial charge in [-0.1, -0.05) is 21.4 Å². The Hall–Kier alpha value is -0.285. The summed E-state index contributed by atoms with van der Waals surface area (Å²) in [6, 6.07) is 7.28. The molecule has 2 heterocycles. The largest absolute Gasteiger partial charge is 1.00 e. The summed E-state index contributed by atoms with van der Waals surface area (Å²) in [5, 5.41) is 9.31. The van der Waals surface area contributed by atoms with E-state index in [9.17, 15) is 0 Å². The van der Waals surface area contributed by atoms with Gasteiger partial charge in [-0.15, -0.1) is 0 Å². The predicted molar refractivity (Wildman–Crippen MR) is 85.9 cm³/mol. The molecular weight excluding hydrogens is 256 g/mol. The Morgan fingerprint density at radius 3 is 2.80 bits per heavy atom. The van der Waals surface area contributed by atoms with Crippen molar-refractivity contribution in [3.05, 3.63) is 30.0 Å². The summed E-state index contributed by atoms with van der Waals surface area (Å²) in [5.41, 5.74) is 2.65. The molecule has 3 rings (SSSR count). The Morgan fingerprint density at radius 1 is 1.35 bits per heavy atom. The van der Waals surface area contributed by atoms with Gasteiger partial charge in [0.2, 0.25) is 0 Å². The first-order chi connectivity index (χ1) is 8.78. The Kier molecular flexibility index (Phi) is 6.79. The molecule has 2 unspecified atom stereocenters. The molecule has 1 saturated heterocycles. The minimum absolute atomic E-state index is 0. The minimum Gasteiger partial charge on any atom is -0.310 e. The van der Waals surface area contributed by atoms with Crippen LogP contribution in [0.2, 0.25) is 0 Å². The normalized spacial score (nSPS) is 22.1. The van der Waals surface area contributed by atoms with Crippen molar-refractivity contribution >= 4 is 19.3 Å². The average Bonchev–Trinajstić information content (AvgIpc) is 2.81. The first-order valence-corrected chi connectivity index (χ1v) is 6.96. The quantitative estimate of drug-likeness (QED) is 0.691. The van der Waals surface area contributed by atoms with Gasteiger partial charge < -0.3 is 5.32 Å². The van der Waals surface area contributed by atoms with Crippen LogP contribution in [0.3, 0.4) is 0 Å². The fourth-order valence-electron chi connectivity index (χ4n) is 2.86. The summed E-state index contributed by atoms with van der Waals surface area (Å²) in [6.07, 6.45) is 4.55. The van der Waals surface area contributed by atoms with E-state index >= 15 is 0 Å². The molecule has 0 spiro atoms. The van der Waals surface area contributed by atoms with Gasteiger partial charge in [0.15, 0.2) is 0 Å². The maximum absolute atomic E-state index is 4.41. The van der Waals surface area contributed by atoms with E-state index in [1.54, 1.807) is 0 Å². The van der Waals surface area contributed by atoms with Crippen LogP contribution < -0.4 is 34.9 Å². The summed E-state index contributed by atoms with van der Waals surface area (Å²) in [7, 11) is 0. The van der Waals surface area contributed by atoms with Gasteiger partial charge in [-0.2, -0.15) is 5.10 Å². The van der Waals surface area contributed by atoms with E-state index in [0.29, 0.717) is 6.04 Å². The van der Waals surface area contributed by atoms with Crippen LogP contribution in [0.15, 0.2) is 24.4 Å². The second-order valence-corrected chi connectivity index (χ2v) is 5.42. The molecule has 2 atom stereocenters. The van der Waals surface area contributed by atoms with Crippen LogP contribution in [0, 0.1) is 5.92 Å². The third-order valence-corrected chi connectivity index (χ3v) is 4.03. The maximum Gasteiger partial charge on any atom is 1.00 e. The maximum atomic E-state index is 4.41. The van der Waals surface area contributed by atoms with E-state index in [2.05, 4.69) is 47.1 Å². The number of rotatable bonds is 2. The summed E-state index contributed by atoms with van der Waals surface area (Å²) in [6.45, 7) is 6.51. The van der Waals surface area contributed by atoms with Gasteiger partial charge in [0.05, 0.1) is 11.7 Å². The monoisotopic (exact) mass is 281 g/mol. The Bertz CT molecular complexity index is 547. The molecule has 0 bridgehead atoms. The number of fused-ring (bicyclic) bond motifs is 1. The molecular formula is C15H25BN3Na. The summed E-state index contributed by atoms with van der Waals surface area (Å²) in [5.74, 6) is 0.813. The van der Waals surface area contributed by atoms with Gasteiger partial charge in [0.1, 0.15) is 0 Å². The van der Waals surface area contributed by atoms with E-state index in [1.165, 1.54) is 29.3 Å². The molecule has 1 aliphatic rings. The molecule has 1 fully saturated rings. The van der Waals surface area contributed by atoms with Crippen molar-refractivity contribution in [1.29, 1.82) is 0 Å². The van der Waals surface area contributed by atoms with Crippen molar-refractivity contribution in [3.8, 4) is 0 Å². The molecule has 0 aliphatic carbocycles. The first kappa shape index (κ1) is 17.8. The van der Waals surface area contributed by atoms with Gasteiger partial charge in [0, 0.05) is 18.0 Å². The van der Waals surface area contributed by atoms with E-state index in [0.717, 1.165) is 19.0 Å². The van der Waals surface area contributed by atoms with Crippen LogP contribution in [0.5, 0.6) is 0 Å². The van der Waals surface area contributed by atoms with Gasteiger partial charge >= 0.3 is 29.6 Å². The number of nitrogens with one attached hydrogen (secondary N) is 1. The molecule has 0 saturated carbocycles. The number of aromatic nitrogens is 2. The second-order valence-electron chi connectivity index (χ2n) is 5.42. The SMILES string of the molecule is CCn1ncc2cc(C3CCC(C)CN3)ccc21.[BH4-].[Na+]. The summed E-state index contributed by atoms with van der Waals surface area (Å²) < 4.78 is 2.05. The third kappa shape index (κ3) is 3.48. The van der Waals surface area contributed by atoms with Crippen LogP contribution in [0.1, 0.15) is 38.3 Å². The third-order valence-electron chi connectivity index (χ3n) is 4.03. The summed E-state index contributed by atoms with van der Waals surface area (Å²) in [4.78, 5) is 0. The topological polar surface area (TPSA) is 29.9 Å². The summed E-state index contributed by atoms with van der Waals surface area (Å²) >= 11 is 0. The fourth-order valence-corrected chi connectivity index (χ4v) is 2.86. The smallest absolute Gasteiger partial charge is 0.310 e. The van der Waals surface area contributed by atoms with Gasteiger partial charge in [-0.05, 0) is 49.9 Å². The van der Waals surface area contributed by atoms with E-state index in [4.69, 9.17) is 0 Å². The molecule has 1 aromatic heterocycles. The number of hydrogen-bond acceptors (Lipinski definition) is 2. The van der Waals surface area contributed by atoms with Crippen molar-refractivity contribution in [1.82, 2.24) is 15.1 Å². The predicted octanol–water partition coefficient (Wildman–Crippen LogP) is -1.33.